The van der Waals surface area contributed by atoms with Crippen LogP contribution in [0.15, 0.2) is 18.3 Å². The molecule has 1 atom stereocenters. The van der Waals surface area contributed by atoms with Gasteiger partial charge in [-0.2, -0.15) is 5.26 Å². The van der Waals surface area contributed by atoms with Gasteiger partial charge in [0.2, 0.25) is 0 Å². The summed E-state index contributed by atoms with van der Waals surface area (Å²) < 4.78 is 5.41. The van der Waals surface area contributed by atoms with Gasteiger partial charge in [-0.1, -0.05) is 0 Å². The Morgan fingerprint density at radius 3 is 3.00 bits per heavy atom. The largest absolute Gasteiger partial charge is 0.444 e. The fraction of sp³-hybridized carbons (Fsp3) is 0.562. The SMILES string of the molecule is CC(C)(C)OC(=O)N1CCC[C@@H](Nc2ncccc2C#N)C1. The molecule has 0 radical (unpaired) electrons. The maximum Gasteiger partial charge on any atom is 0.410 e. The molecule has 1 fully saturated rings. The average Bonchev–Trinajstić information content (AvgIpc) is 2.46. The lowest BCUT2D eigenvalue weighted by Crippen LogP contribution is -2.47. The number of amides is 1. The second-order valence-electron chi connectivity index (χ2n) is 6.42. The molecular weight excluding hydrogens is 280 g/mol. The molecule has 1 saturated heterocycles. The molecule has 2 heterocycles. The van der Waals surface area contributed by atoms with Crippen LogP contribution in [0.5, 0.6) is 0 Å². The van der Waals surface area contributed by atoms with E-state index in [4.69, 9.17) is 10.00 Å². The molecule has 0 saturated carbocycles. The summed E-state index contributed by atoms with van der Waals surface area (Å²) in [5.74, 6) is 0.570. The van der Waals surface area contributed by atoms with Crippen LogP contribution in [0.2, 0.25) is 0 Å². The van der Waals surface area contributed by atoms with E-state index in [0.29, 0.717) is 24.5 Å². The van der Waals surface area contributed by atoms with Gasteiger partial charge in [-0.25, -0.2) is 9.78 Å². The molecule has 22 heavy (non-hydrogen) atoms. The lowest BCUT2D eigenvalue weighted by molar-refractivity contribution is 0.0206. The van der Waals surface area contributed by atoms with Crippen LogP contribution >= 0.6 is 0 Å². The molecule has 1 N–H and O–H groups in total. The summed E-state index contributed by atoms with van der Waals surface area (Å²) in [6, 6.07) is 5.65. The van der Waals surface area contributed by atoms with Gasteiger partial charge in [0.05, 0.1) is 5.56 Å². The van der Waals surface area contributed by atoms with Gasteiger partial charge in [0.15, 0.2) is 0 Å². The van der Waals surface area contributed by atoms with Crippen LogP contribution < -0.4 is 5.32 Å². The molecule has 2 rings (SSSR count). The fourth-order valence-electron chi connectivity index (χ4n) is 2.39. The van der Waals surface area contributed by atoms with Crippen molar-refractivity contribution in [1.82, 2.24) is 9.88 Å². The lowest BCUT2D eigenvalue weighted by Gasteiger charge is -2.34. The predicted octanol–water partition coefficient (Wildman–Crippen LogP) is 2.76. The first-order valence-electron chi connectivity index (χ1n) is 7.48. The van der Waals surface area contributed by atoms with Gasteiger partial charge in [0.1, 0.15) is 17.5 Å². The molecule has 0 aromatic carbocycles. The highest BCUT2D eigenvalue weighted by Gasteiger charge is 2.28. The van der Waals surface area contributed by atoms with Crippen molar-refractivity contribution < 1.29 is 9.53 Å². The molecule has 6 heteroatoms. The standard InChI is InChI=1S/C16H22N4O2/c1-16(2,3)22-15(21)20-9-5-7-13(11-20)19-14-12(10-17)6-4-8-18-14/h4,6,8,13H,5,7,9,11H2,1-3H3,(H,18,19)/t13-/m1/s1. The Morgan fingerprint density at radius 1 is 1.55 bits per heavy atom. The first-order valence-corrected chi connectivity index (χ1v) is 7.48. The van der Waals surface area contributed by atoms with Gasteiger partial charge in [-0.05, 0) is 45.7 Å². The molecule has 0 unspecified atom stereocenters. The number of piperidine rings is 1. The third-order valence-electron chi connectivity index (χ3n) is 3.34. The number of rotatable bonds is 2. The van der Waals surface area contributed by atoms with Crippen molar-refractivity contribution >= 4 is 11.9 Å². The highest BCUT2D eigenvalue weighted by Crippen LogP contribution is 2.19. The zero-order chi connectivity index (χ0) is 16.2. The van der Waals surface area contributed by atoms with Crippen LogP contribution in [0.1, 0.15) is 39.2 Å². The molecule has 0 aliphatic carbocycles. The smallest absolute Gasteiger partial charge is 0.410 e. The van der Waals surface area contributed by atoms with Crippen LogP contribution in [0.25, 0.3) is 0 Å². The van der Waals surface area contributed by atoms with Crippen molar-refractivity contribution in [3.05, 3.63) is 23.9 Å². The van der Waals surface area contributed by atoms with Crippen molar-refractivity contribution in [3.8, 4) is 6.07 Å². The van der Waals surface area contributed by atoms with Gasteiger partial charge < -0.3 is 15.0 Å². The summed E-state index contributed by atoms with van der Waals surface area (Å²) >= 11 is 0. The zero-order valence-corrected chi connectivity index (χ0v) is 13.3. The number of likely N-dealkylation sites (tertiary alicyclic amines) is 1. The minimum atomic E-state index is -0.494. The van der Waals surface area contributed by atoms with E-state index >= 15 is 0 Å². The van der Waals surface area contributed by atoms with Crippen LogP contribution in [-0.2, 0) is 4.74 Å². The van der Waals surface area contributed by atoms with Crippen LogP contribution in [0.4, 0.5) is 10.6 Å². The molecule has 0 bridgehead atoms. The first kappa shape index (κ1) is 16.1. The summed E-state index contributed by atoms with van der Waals surface area (Å²) in [7, 11) is 0. The Labute approximate surface area is 131 Å². The van der Waals surface area contributed by atoms with E-state index in [1.165, 1.54) is 0 Å². The molecule has 118 valence electrons. The van der Waals surface area contributed by atoms with Crippen molar-refractivity contribution in [2.75, 3.05) is 18.4 Å². The average molecular weight is 302 g/mol. The number of pyridine rings is 1. The monoisotopic (exact) mass is 302 g/mol. The van der Waals surface area contributed by atoms with Gasteiger partial charge in [0.25, 0.3) is 0 Å². The number of anilines is 1. The summed E-state index contributed by atoms with van der Waals surface area (Å²) in [4.78, 5) is 18.1. The normalized spacial score (nSPS) is 18.5. The molecule has 1 aliphatic heterocycles. The molecule has 1 amide bonds. The van der Waals surface area contributed by atoms with E-state index in [1.807, 2.05) is 20.8 Å². The quantitative estimate of drug-likeness (QED) is 0.908. The maximum absolute atomic E-state index is 12.1. The molecule has 1 aromatic heterocycles. The van der Waals surface area contributed by atoms with E-state index in [1.54, 1.807) is 23.2 Å². The third-order valence-corrected chi connectivity index (χ3v) is 3.34. The van der Waals surface area contributed by atoms with E-state index in [-0.39, 0.29) is 12.1 Å². The Balaban J connectivity index is 1.99. The number of nitrogens with one attached hydrogen (secondary N) is 1. The van der Waals surface area contributed by atoms with Crippen LogP contribution in [0.3, 0.4) is 0 Å². The summed E-state index contributed by atoms with van der Waals surface area (Å²) in [6.07, 6.45) is 3.19. The molecule has 1 aliphatic rings. The fourth-order valence-corrected chi connectivity index (χ4v) is 2.39. The van der Waals surface area contributed by atoms with Crippen molar-refractivity contribution in [1.29, 1.82) is 5.26 Å². The van der Waals surface area contributed by atoms with Crippen molar-refractivity contribution in [2.45, 2.75) is 45.3 Å². The summed E-state index contributed by atoms with van der Waals surface area (Å²) in [6.45, 7) is 6.82. The number of ether oxygens (including phenoxy) is 1. The highest BCUT2D eigenvalue weighted by atomic mass is 16.6. The van der Waals surface area contributed by atoms with Gasteiger partial charge in [-0.3, -0.25) is 0 Å². The van der Waals surface area contributed by atoms with Crippen LogP contribution in [0, 0.1) is 11.3 Å². The Bertz CT molecular complexity index is 574. The van der Waals surface area contributed by atoms with E-state index in [0.717, 1.165) is 12.8 Å². The lowest BCUT2D eigenvalue weighted by atomic mass is 10.1. The van der Waals surface area contributed by atoms with Gasteiger partial charge in [-0.15, -0.1) is 0 Å². The second kappa shape index (κ2) is 6.65. The maximum atomic E-state index is 12.1. The molecule has 6 nitrogen and oxygen atoms in total. The Hall–Kier alpha value is -2.29. The molecule has 1 aromatic rings. The van der Waals surface area contributed by atoms with Gasteiger partial charge >= 0.3 is 6.09 Å². The number of hydrogen-bond donors (Lipinski definition) is 1. The Kier molecular flexibility index (Phi) is 4.86. The van der Waals surface area contributed by atoms with Gasteiger partial charge in [0, 0.05) is 25.3 Å². The zero-order valence-electron chi connectivity index (χ0n) is 13.3. The number of hydrogen-bond acceptors (Lipinski definition) is 5. The number of carbonyl (C=O) groups excluding carboxylic acids is 1. The minimum absolute atomic E-state index is 0.0725. The van der Waals surface area contributed by atoms with E-state index in [9.17, 15) is 4.79 Å². The summed E-state index contributed by atoms with van der Waals surface area (Å²) in [5.41, 5.74) is 0.0174. The number of carbonyl (C=O) groups is 1. The minimum Gasteiger partial charge on any atom is -0.444 e. The van der Waals surface area contributed by atoms with E-state index < -0.39 is 5.60 Å². The van der Waals surface area contributed by atoms with Crippen molar-refractivity contribution in [3.63, 3.8) is 0 Å². The predicted molar refractivity (Wildman–Crippen MR) is 83.4 cm³/mol. The number of aromatic nitrogens is 1. The van der Waals surface area contributed by atoms with Crippen LogP contribution in [-0.4, -0.2) is 40.7 Å². The Morgan fingerprint density at radius 2 is 2.32 bits per heavy atom. The first-order chi connectivity index (χ1) is 10.4. The second-order valence-corrected chi connectivity index (χ2v) is 6.42. The topological polar surface area (TPSA) is 78.2 Å². The number of nitrogens with zero attached hydrogens (tertiary/aromatic N) is 3. The number of nitriles is 1. The summed E-state index contributed by atoms with van der Waals surface area (Å²) in [5, 5.41) is 12.4. The molecule has 0 spiro atoms. The highest BCUT2D eigenvalue weighted by molar-refractivity contribution is 5.68. The molecular formula is C16H22N4O2. The van der Waals surface area contributed by atoms with Crippen molar-refractivity contribution in [2.24, 2.45) is 0 Å². The third kappa shape index (κ3) is 4.35. The van der Waals surface area contributed by atoms with E-state index in [2.05, 4.69) is 16.4 Å².